The molecule has 0 saturated carbocycles. The Morgan fingerprint density at radius 1 is 1.30 bits per heavy atom. The summed E-state index contributed by atoms with van der Waals surface area (Å²) >= 11 is 12.4. The molecule has 8 nitrogen and oxygen atoms in total. The highest BCUT2D eigenvalue weighted by Gasteiger charge is 2.41. The molecule has 0 spiro atoms. The normalized spacial score (nSPS) is 17.4. The first kappa shape index (κ1) is 22.7. The average Bonchev–Trinajstić information content (AvgIpc) is 3.41. The number of carbonyl (C=O) groups is 2. The Morgan fingerprint density at radius 2 is 2.09 bits per heavy atom. The molecule has 0 bridgehead atoms. The third-order valence-electron chi connectivity index (χ3n) is 5.84. The Morgan fingerprint density at radius 3 is 2.76 bits per heavy atom. The quantitative estimate of drug-likeness (QED) is 0.257. The molecule has 10 heteroatoms. The zero-order valence-electron chi connectivity index (χ0n) is 17.4. The van der Waals surface area contributed by atoms with Gasteiger partial charge in [0.1, 0.15) is 5.69 Å². The van der Waals surface area contributed by atoms with E-state index in [1.807, 2.05) is 0 Å². The van der Waals surface area contributed by atoms with Gasteiger partial charge < -0.3 is 20.2 Å². The van der Waals surface area contributed by atoms with Crippen molar-refractivity contribution in [1.29, 1.82) is 5.26 Å². The fourth-order valence-corrected chi connectivity index (χ4v) is 4.51. The maximum Gasteiger partial charge on any atom is 0.328 e. The van der Waals surface area contributed by atoms with Crippen LogP contribution in [0.25, 0.3) is 16.4 Å². The summed E-state index contributed by atoms with van der Waals surface area (Å²) in [6, 6.07) is 11.8. The minimum absolute atomic E-state index is 0.162. The molecule has 0 radical (unpaired) electrons. The summed E-state index contributed by atoms with van der Waals surface area (Å²) in [6.07, 6.45) is 1.19. The van der Waals surface area contributed by atoms with E-state index in [2.05, 4.69) is 16.2 Å². The van der Waals surface area contributed by atoms with Crippen LogP contribution in [0.1, 0.15) is 38.4 Å². The first-order valence-electron chi connectivity index (χ1n) is 9.91. The van der Waals surface area contributed by atoms with E-state index in [9.17, 15) is 14.9 Å². The first-order chi connectivity index (χ1) is 15.8. The zero-order valence-corrected chi connectivity index (χ0v) is 18.9. The molecule has 1 N–H and O–H groups in total. The van der Waals surface area contributed by atoms with Crippen molar-refractivity contribution in [3.05, 3.63) is 74.4 Å². The van der Waals surface area contributed by atoms with E-state index in [4.69, 9.17) is 33.5 Å². The van der Waals surface area contributed by atoms with Crippen LogP contribution in [0.15, 0.2) is 36.4 Å². The number of amides is 1. The topological polar surface area (TPSA) is 121 Å². The molecule has 1 amide bonds. The number of hydrogen-bond donors (Lipinski definition) is 1. The number of ketones is 1. The minimum atomic E-state index is -0.966. The standard InChI is InChI=1S/C23H17Cl2N5O3/c1-30-18-5-4-17(24)21(25)15(18)9-19(30)22(32)29-23(6-7-33-12-23)16-3-2-13(8-14(16)10-26)20(31)11-28-27/h2-5,8-9,11H,6-7,12H2,1H3,(H,29,32). The summed E-state index contributed by atoms with van der Waals surface area (Å²) in [5.74, 6) is -0.921. The number of halogens is 2. The van der Waals surface area contributed by atoms with Crippen molar-refractivity contribution in [3.63, 3.8) is 0 Å². The molecule has 33 heavy (non-hydrogen) atoms. The molecule has 166 valence electrons. The van der Waals surface area contributed by atoms with Gasteiger partial charge in [-0.3, -0.25) is 9.59 Å². The Bertz CT molecular complexity index is 1390. The van der Waals surface area contributed by atoms with Crippen LogP contribution in [0.4, 0.5) is 0 Å². The largest absolute Gasteiger partial charge is 0.379 e. The molecule has 1 aromatic heterocycles. The van der Waals surface area contributed by atoms with Gasteiger partial charge in [0.05, 0.1) is 33.8 Å². The number of nitrogens with one attached hydrogen (secondary N) is 1. The molecule has 1 fully saturated rings. The van der Waals surface area contributed by atoms with Crippen LogP contribution in [0.3, 0.4) is 0 Å². The lowest BCUT2D eigenvalue weighted by atomic mass is 9.84. The number of fused-ring (bicyclic) bond motifs is 1. The summed E-state index contributed by atoms with van der Waals surface area (Å²) in [6.45, 7) is 0.550. The highest BCUT2D eigenvalue weighted by atomic mass is 35.5. The number of nitriles is 1. The predicted molar refractivity (Wildman–Crippen MR) is 123 cm³/mol. The van der Waals surface area contributed by atoms with Gasteiger partial charge in [-0.1, -0.05) is 35.3 Å². The van der Waals surface area contributed by atoms with Gasteiger partial charge in [0, 0.05) is 36.5 Å². The lowest BCUT2D eigenvalue weighted by molar-refractivity contribution is 0.00234. The molecular formula is C23H17Cl2N5O3. The molecular weight excluding hydrogens is 465 g/mol. The molecule has 1 aliphatic rings. The van der Waals surface area contributed by atoms with Gasteiger partial charge in [-0.25, -0.2) is 0 Å². The van der Waals surface area contributed by atoms with Crippen LogP contribution >= 0.6 is 23.2 Å². The molecule has 0 aliphatic carbocycles. The van der Waals surface area contributed by atoms with E-state index < -0.39 is 11.3 Å². The van der Waals surface area contributed by atoms with Gasteiger partial charge >= 0.3 is 6.21 Å². The van der Waals surface area contributed by atoms with Crippen LogP contribution in [0.5, 0.6) is 0 Å². The van der Waals surface area contributed by atoms with Crippen LogP contribution in [-0.4, -0.2) is 40.5 Å². The molecule has 1 unspecified atom stereocenters. The van der Waals surface area contributed by atoms with Crippen molar-refractivity contribution < 1.29 is 19.1 Å². The number of carbonyl (C=O) groups excluding carboxylic acids is 2. The second-order valence-corrected chi connectivity index (χ2v) is 8.49. The van der Waals surface area contributed by atoms with Crippen LogP contribution in [0.2, 0.25) is 10.0 Å². The molecule has 1 atom stereocenters. The minimum Gasteiger partial charge on any atom is -0.379 e. The third-order valence-corrected chi connectivity index (χ3v) is 6.65. The molecule has 4 rings (SSSR count). The number of aromatic nitrogens is 1. The second-order valence-electron chi connectivity index (χ2n) is 7.70. The zero-order chi connectivity index (χ0) is 23.8. The summed E-state index contributed by atoms with van der Waals surface area (Å²) in [4.78, 5) is 28.1. The lowest BCUT2D eigenvalue weighted by Crippen LogP contribution is -2.47. The molecule has 2 aromatic carbocycles. The van der Waals surface area contributed by atoms with Crippen molar-refractivity contribution in [2.45, 2.75) is 12.0 Å². The second kappa shape index (κ2) is 8.81. The number of ether oxygens (including phenoxy) is 1. The third kappa shape index (κ3) is 3.92. The SMILES string of the molecule is Cn1c(C(=O)NC2(c3ccc(C(=O)C=[N+]=[N-])cc3C#N)CCOC2)cc2c(Cl)c(Cl)ccc21. The Balaban J connectivity index is 1.75. The summed E-state index contributed by atoms with van der Waals surface area (Å²) in [5, 5.41) is 14.2. The number of nitrogens with zero attached hydrogens (tertiary/aromatic N) is 4. The Labute approximate surface area is 198 Å². The number of benzene rings is 2. The van der Waals surface area contributed by atoms with E-state index in [0.29, 0.717) is 39.7 Å². The van der Waals surface area contributed by atoms with Gasteiger partial charge in [0.25, 0.3) is 11.7 Å². The first-order valence-corrected chi connectivity index (χ1v) is 10.7. The van der Waals surface area contributed by atoms with E-state index in [-0.39, 0.29) is 23.6 Å². The Kier molecular flexibility index (Phi) is 6.07. The van der Waals surface area contributed by atoms with Crippen LogP contribution in [0, 0.1) is 11.3 Å². The number of hydrogen-bond acceptors (Lipinski definition) is 4. The van der Waals surface area contributed by atoms with Crippen molar-refractivity contribution in [2.75, 3.05) is 13.2 Å². The van der Waals surface area contributed by atoms with Gasteiger partial charge in [-0.05, 0) is 29.8 Å². The van der Waals surface area contributed by atoms with Gasteiger partial charge in [-0.15, -0.1) is 0 Å². The molecule has 1 aliphatic heterocycles. The van der Waals surface area contributed by atoms with Gasteiger partial charge in [0.15, 0.2) is 0 Å². The van der Waals surface area contributed by atoms with Crippen molar-refractivity contribution in [1.82, 2.24) is 9.88 Å². The maximum atomic E-state index is 13.4. The predicted octanol–water partition coefficient (Wildman–Crippen LogP) is 3.89. The molecule has 3 aromatic rings. The summed E-state index contributed by atoms with van der Waals surface area (Å²) in [5.41, 5.74) is 9.69. The van der Waals surface area contributed by atoms with Crippen molar-refractivity contribution >= 4 is 52.0 Å². The average molecular weight is 482 g/mol. The van der Waals surface area contributed by atoms with E-state index >= 15 is 0 Å². The summed E-state index contributed by atoms with van der Waals surface area (Å²) < 4.78 is 7.32. The van der Waals surface area contributed by atoms with Crippen molar-refractivity contribution in [2.24, 2.45) is 7.05 Å². The van der Waals surface area contributed by atoms with E-state index in [1.165, 1.54) is 12.1 Å². The van der Waals surface area contributed by atoms with E-state index in [0.717, 1.165) is 11.7 Å². The van der Waals surface area contributed by atoms with Crippen LogP contribution in [-0.2, 0) is 17.3 Å². The summed E-state index contributed by atoms with van der Waals surface area (Å²) in [7, 11) is 1.75. The van der Waals surface area contributed by atoms with E-state index in [1.54, 1.807) is 35.9 Å². The van der Waals surface area contributed by atoms with Crippen molar-refractivity contribution in [3.8, 4) is 6.07 Å². The smallest absolute Gasteiger partial charge is 0.328 e. The molecule has 2 heterocycles. The highest BCUT2D eigenvalue weighted by Crippen LogP contribution is 2.35. The monoisotopic (exact) mass is 481 g/mol. The number of rotatable bonds is 5. The highest BCUT2D eigenvalue weighted by molar-refractivity contribution is 6.45. The maximum absolute atomic E-state index is 13.4. The van der Waals surface area contributed by atoms with Crippen LogP contribution < -0.4 is 5.32 Å². The molecule has 1 saturated heterocycles. The fraction of sp³-hybridized carbons (Fsp3) is 0.217. The fourth-order valence-electron chi connectivity index (χ4n) is 4.13. The van der Waals surface area contributed by atoms with Gasteiger partial charge in [0.2, 0.25) is 0 Å². The number of aryl methyl sites for hydroxylation is 1. The van der Waals surface area contributed by atoms with Gasteiger partial charge in [-0.2, -0.15) is 10.1 Å². The number of Topliss-reactive ketones (excluding diaryl/α,β-unsaturated/α-hetero) is 1. The Hall–Kier alpha value is -3.47. The lowest BCUT2D eigenvalue weighted by Gasteiger charge is -2.30.